The van der Waals surface area contributed by atoms with Gasteiger partial charge in [0.25, 0.3) is 5.91 Å². The van der Waals surface area contributed by atoms with E-state index in [1.165, 1.54) is 11.3 Å². The molecule has 6 nitrogen and oxygen atoms in total. The van der Waals surface area contributed by atoms with Crippen molar-refractivity contribution in [2.75, 3.05) is 18.5 Å². The summed E-state index contributed by atoms with van der Waals surface area (Å²) in [6, 6.07) is 13.1. The smallest absolute Gasteiger partial charge is 0.266 e. The highest BCUT2D eigenvalue weighted by molar-refractivity contribution is 7.17. The molecule has 3 aromatic heterocycles. The highest BCUT2D eigenvalue weighted by Gasteiger charge is 2.16. The molecule has 1 aromatic carbocycles. The molecule has 1 aliphatic heterocycles. The minimum absolute atomic E-state index is 0.204. The molecule has 4 aromatic rings. The molecule has 0 atom stereocenters. The lowest BCUT2D eigenvalue weighted by atomic mass is 10.1. The Labute approximate surface area is 158 Å². The standard InChI is InChI=1S/C20H14N2O4S/c23-20(22-19-13-6-8-24-14(13)5-7-21-19)18-4-3-17(27-18)12-1-2-15-16(11-12)26-10-9-25-15/h1-8,11H,9-10H2,(H,21,22,23). The van der Waals surface area contributed by atoms with E-state index >= 15 is 0 Å². The fraction of sp³-hybridized carbons (Fsp3) is 0.100. The quantitative estimate of drug-likeness (QED) is 0.565. The van der Waals surface area contributed by atoms with Gasteiger partial charge < -0.3 is 19.2 Å². The topological polar surface area (TPSA) is 73.6 Å². The van der Waals surface area contributed by atoms with E-state index in [4.69, 9.17) is 13.9 Å². The molecule has 1 aliphatic rings. The monoisotopic (exact) mass is 378 g/mol. The molecule has 134 valence electrons. The lowest BCUT2D eigenvalue weighted by Crippen LogP contribution is -2.15. The minimum atomic E-state index is -0.204. The van der Waals surface area contributed by atoms with Crippen molar-refractivity contribution in [3.8, 4) is 21.9 Å². The maximum atomic E-state index is 12.6. The normalized spacial score (nSPS) is 12.9. The largest absolute Gasteiger partial charge is 0.486 e. The van der Waals surface area contributed by atoms with Crippen LogP contribution in [0.2, 0.25) is 0 Å². The number of thiophene rings is 1. The van der Waals surface area contributed by atoms with Gasteiger partial charge in [0.15, 0.2) is 11.5 Å². The van der Waals surface area contributed by atoms with Gasteiger partial charge >= 0.3 is 0 Å². The molecule has 0 fully saturated rings. The van der Waals surface area contributed by atoms with Crippen LogP contribution in [-0.2, 0) is 0 Å². The third-order valence-electron chi connectivity index (χ3n) is 4.27. The molecule has 1 amide bonds. The van der Waals surface area contributed by atoms with E-state index in [9.17, 15) is 4.79 Å². The third kappa shape index (κ3) is 2.92. The van der Waals surface area contributed by atoms with Crippen LogP contribution >= 0.6 is 11.3 Å². The lowest BCUT2D eigenvalue weighted by molar-refractivity contribution is 0.103. The van der Waals surface area contributed by atoms with Crippen molar-refractivity contribution in [1.82, 2.24) is 4.98 Å². The zero-order valence-electron chi connectivity index (χ0n) is 14.1. The van der Waals surface area contributed by atoms with Crippen molar-refractivity contribution in [3.05, 3.63) is 59.8 Å². The van der Waals surface area contributed by atoms with Crippen molar-refractivity contribution >= 4 is 34.0 Å². The summed E-state index contributed by atoms with van der Waals surface area (Å²) in [5.74, 6) is 1.76. The van der Waals surface area contributed by atoms with Crippen LogP contribution in [0.1, 0.15) is 9.67 Å². The van der Waals surface area contributed by atoms with Gasteiger partial charge in [0.05, 0.1) is 16.5 Å². The number of pyridine rings is 1. The zero-order valence-corrected chi connectivity index (χ0v) is 14.9. The van der Waals surface area contributed by atoms with E-state index in [-0.39, 0.29) is 5.91 Å². The van der Waals surface area contributed by atoms with Crippen LogP contribution in [0.25, 0.3) is 21.4 Å². The van der Waals surface area contributed by atoms with Gasteiger partial charge in [-0.25, -0.2) is 4.98 Å². The number of carbonyl (C=O) groups excluding carboxylic acids is 1. The Hall–Kier alpha value is -3.32. The Morgan fingerprint density at radius 3 is 2.85 bits per heavy atom. The second kappa shape index (κ2) is 6.44. The first kappa shape index (κ1) is 15.9. The molecule has 0 spiro atoms. The van der Waals surface area contributed by atoms with Crippen LogP contribution in [0.3, 0.4) is 0 Å². The average Bonchev–Trinajstić information content (AvgIpc) is 3.38. The number of amides is 1. The maximum Gasteiger partial charge on any atom is 0.266 e. The van der Waals surface area contributed by atoms with Gasteiger partial charge in [-0.15, -0.1) is 11.3 Å². The number of hydrogen-bond acceptors (Lipinski definition) is 6. The Morgan fingerprint density at radius 2 is 1.93 bits per heavy atom. The number of furan rings is 1. The number of benzene rings is 1. The molecule has 1 N–H and O–H groups in total. The van der Waals surface area contributed by atoms with E-state index in [2.05, 4.69) is 10.3 Å². The first-order valence-corrected chi connectivity index (χ1v) is 9.23. The Morgan fingerprint density at radius 1 is 1.04 bits per heavy atom. The number of carbonyl (C=O) groups is 1. The number of hydrogen-bond donors (Lipinski definition) is 1. The number of nitrogens with one attached hydrogen (secondary N) is 1. The lowest BCUT2D eigenvalue weighted by Gasteiger charge is -2.18. The Kier molecular flexibility index (Phi) is 3.79. The van der Waals surface area contributed by atoms with Gasteiger partial charge in [-0.2, -0.15) is 0 Å². The molecular weight excluding hydrogens is 364 g/mol. The molecule has 0 saturated heterocycles. The second-order valence-electron chi connectivity index (χ2n) is 5.97. The highest BCUT2D eigenvalue weighted by atomic mass is 32.1. The number of fused-ring (bicyclic) bond motifs is 2. The Bertz CT molecular complexity index is 1150. The highest BCUT2D eigenvalue weighted by Crippen LogP contribution is 2.37. The van der Waals surface area contributed by atoms with E-state index < -0.39 is 0 Å². The van der Waals surface area contributed by atoms with Crippen LogP contribution in [-0.4, -0.2) is 24.1 Å². The van der Waals surface area contributed by atoms with Gasteiger partial charge in [-0.1, -0.05) is 0 Å². The molecule has 5 rings (SSSR count). The molecule has 4 heterocycles. The van der Waals surface area contributed by atoms with Crippen LogP contribution < -0.4 is 14.8 Å². The summed E-state index contributed by atoms with van der Waals surface area (Å²) in [5, 5.41) is 3.63. The molecule has 0 unspecified atom stereocenters. The molecule has 0 radical (unpaired) electrons. The van der Waals surface area contributed by atoms with Gasteiger partial charge in [0.2, 0.25) is 0 Å². The Balaban J connectivity index is 1.40. The molecule has 27 heavy (non-hydrogen) atoms. The number of anilines is 1. The first-order chi connectivity index (χ1) is 13.3. The van der Waals surface area contributed by atoms with Crippen molar-refractivity contribution in [2.45, 2.75) is 0 Å². The van der Waals surface area contributed by atoms with Gasteiger partial charge in [-0.3, -0.25) is 4.79 Å². The third-order valence-corrected chi connectivity index (χ3v) is 5.40. The summed E-state index contributed by atoms with van der Waals surface area (Å²) in [6.45, 7) is 1.11. The average molecular weight is 378 g/mol. The number of nitrogens with zero attached hydrogens (tertiary/aromatic N) is 1. The summed E-state index contributed by atoms with van der Waals surface area (Å²) in [6.07, 6.45) is 3.18. The van der Waals surface area contributed by atoms with Crippen LogP contribution in [0.15, 0.2) is 59.3 Å². The van der Waals surface area contributed by atoms with Gasteiger partial charge in [-0.05, 0) is 48.0 Å². The zero-order chi connectivity index (χ0) is 18.2. The van der Waals surface area contributed by atoms with Gasteiger partial charge in [0, 0.05) is 11.1 Å². The fourth-order valence-electron chi connectivity index (χ4n) is 2.98. The minimum Gasteiger partial charge on any atom is -0.486 e. The summed E-state index contributed by atoms with van der Waals surface area (Å²) in [7, 11) is 0. The molecule has 0 saturated carbocycles. The molecule has 7 heteroatoms. The van der Waals surface area contributed by atoms with Crippen molar-refractivity contribution in [1.29, 1.82) is 0 Å². The summed E-state index contributed by atoms with van der Waals surface area (Å²) in [4.78, 5) is 18.5. The van der Waals surface area contributed by atoms with E-state index in [0.29, 0.717) is 29.5 Å². The number of rotatable bonds is 3. The van der Waals surface area contributed by atoms with E-state index in [0.717, 1.165) is 27.3 Å². The SMILES string of the molecule is O=C(Nc1nccc2occc12)c1ccc(-c2ccc3c(c2)OCCO3)s1. The van der Waals surface area contributed by atoms with E-state index in [1.807, 2.05) is 30.3 Å². The van der Waals surface area contributed by atoms with Crippen molar-refractivity contribution in [2.24, 2.45) is 0 Å². The maximum absolute atomic E-state index is 12.6. The molecule has 0 aliphatic carbocycles. The van der Waals surface area contributed by atoms with Crippen LogP contribution in [0, 0.1) is 0 Å². The molecular formula is C20H14N2O4S. The summed E-state index contributed by atoms with van der Waals surface area (Å²) in [5.41, 5.74) is 1.67. The van der Waals surface area contributed by atoms with Crippen molar-refractivity contribution < 1.29 is 18.7 Å². The van der Waals surface area contributed by atoms with E-state index in [1.54, 1.807) is 24.6 Å². The predicted octanol–water partition coefficient (Wildman–Crippen LogP) is 4.58. The summed E-state index contributed by atoms with van der Waals surface area (Å²) < 4.78 is 16.5. The fourth-order valence-corrected chi connectivity index (χ4v) is 3.87. The van der Waals surface area contributed by atoms with Gasteiger partial charge in [0.1, 0.15) is 24.6 Å². The van der Waals surface area contributed by atoms with Crippen molar-refractivity contribution in [3.63, 3.8) is 0 Å². The number of aromatic nitrogens is 1. The number of ether oxygens (including phenoxy) is 2. The first-order valence-electron chi connectivity index (χ1n) is 8.41. The second-order valence-corrected chi connectivity index (χ2v) is 7.05. The molecule has 0 bridgehead atoms. The van der Waals surface area contributed by atoms with Crippen LogP contribution in [0.5, 0.6) is 11.5 Å². The predicted molar refractivity (Wildman–Crippen MR) is 103 cm³/mol. The summed E-state index contributed by atoms with van der Waals surface area (Å²) >= 11 is 1.41. The van der Waals surface area contributed by atoms with Crippen LogP contribution in [0.4, 0.5) is 5.82 Å².